The fourth-order valence-electron chi connectivity index (χ4n) is 4.44. The van der Waals surface area contributed by atoms with Crippen molar-refractivity contribution in [3.8, 4) is 11.5 Å². The molecule has 0 saturated carbocycles. The minimum Gasteiger partial charge on any atom is -0.493 e. The lowest BCUT2D eigenvalue weighted by molar-refractivity contribution is -0.116. The smallest absolute Gasteiger partial charge is 0.219 e. The van der Waals surface area contributed by atoms with E-state index in [1.54, 1.807) is 32.4 Å². The van der Waals surface area contributed by atoms with Crippen molar-refractivity contribution in [3.05, 3.63) is 70.7 Å². The summed E-state index contributed by atoms with van der Waals surface area (Å²) in [7, 11) is 3.12. The minimum absolute atomic E-state index is 0.0301. The highest BCUT2D eigenvalue weighted by Crippen LogP contribution is 2.46. The number of halogens is 1. The Labute approximate surface area is 183 Å². The van der Waals surface area contributed by atoms with Crippen LogP contribution in [0.25, 0.3) is 0 Å². The predicted octanol–water partition coefficient (Wildman–Crippen LogP) is 4.21. The minimum atomic E-state index is -0.558. The summed E-state index contributed by atoms with van der Waals surface area (Å²) in [5.74, 6) is 1.43. The van der Waals surface area contributed by atoms with Gasteiger partial charge in [-0.2, -0.15) is 0 Å². The molecule has 0 fully saturated rings. The number of ether oxygens (including phenoxy) is 2. The molecular formula is C23H21FN4O4. The molecule has 5 rings (SSSR count). The Balaban J connectivity index is 1.63. The van der Waals surface area contributed by atoms with Crippen LogP contribution >= 0.6 is 0 Å². The highest BCUT2D eigenvalue weighted by molar-refractivity contribution is 6.01. The number of Topliss-reactive ketones (excluding diaryl/α,β-unsaturated/α-hetero) is 1. The van der Waals surface area contributed by atoms with Crippen molar-refractivity contribution in [1.82, 2.24) is 10.3 Å². The molecule has 1 aromatic heterocycles. The molecule has 8 nitrogen and oxygen atoms in total. The Morgan fingerprint density at radius 1 is 1.03 bits per heavy atom. The number of anilines is 2. The average Bonchev–Trinajstić information content (AvgIpc) is 3.17. The van der Waals surface area contributed by atoms with Crippen LogP contribution in [-0.2, 0) is 4.79 Å². The van der Waals surface area contributed by atoms with Gasteiger partial charge >= 0.3 is 0 Å². The van der Waals surface area contributed by atoms with Crippen LogP contribution in [0.1, 0.15) is 35.9 Å². The fourth-order valence-corrected chi connectivity index (χ4v) is 4.44. The standard InChI is InChI=1S/C23H21FN4O4/c1-30-18-5-3-4-15(21(18)31-2)20-19-16(25-22-23(26-20)28-32-27-22)10-13(11-17(19)29)12-6-8-14(24)9-7-12/h3-9,13,20H,10-11H2,1-2H3,(H,25,27)(H,26,28). The van der Waals surface area contributed by atoms with E-state index in [1.165, 1.54) is 12.1 Å². The molecule has 2 aliphatic rings. The third-order valence-corrected chi connectivity index (χ3v) is 5.92. The second-order valence-corrected chi connectivity index (χ2v) is 7.72. The number of rotatable bonds is 4. The summed E-state index contributed by atoms with van der Waals surface area (Å²) in [4.78, 5) is 13.5. The second-order valence-electron chi connectivity index (χ2n) is 7.72. The highest BCUT2D eigenvalue weighted by atomic mass is 19.1. The second kappa shape index (κ2) is 7.99. The maximum Gasteiger partial charge on any atom is 0.219 e. The summed E-state index contributed by atoms with van der Waals surface area (Å²) in [6.07, 6.45) is 0.843. The Morgan fingerprint density at radius 2 is 1.81 bits per heavy atom. The van der Waals surface area contributed by atoms with Crippen LogP contribution in [0.5, 0.6) is 11.5 Å². The van der Waals surface area contributed by atoms with Crippen LogP contribution in [0.3, 0.4) is 0 Å². The van der Waals surface area contributed by atoms with E-state index < -0.39 is 6.04 Å². The van der Waals surface area contributed by atoms with E-state index in [0.29, 0.717) is 47.2 Å². The number of ketones is 1. The van der Waals surface area contributed by atoms with Crippen molar-refractivity contribution in [1.29, 1.82) is 0 Å². The normalized spacial score (nSPS) is 19.9. The van der Waals surface area contributed by atoms with E-state index in [2.05, 4.69) is 20.9 Å². The molecule has 2 heterocycles. The highest BCUT2D eigenvalue weighted by Gasteiger charge is 2.38. The van der Waals surface area contributed by atoms with Crippen LogP contribution in [0, 0.1) is 5.82 Å². The molecule has 2 atom stereocenters. The number of hydrogen-bond acceptors (Lipinski definition) is 8. The quantitative estimate of drug-likeness (QED) is 0.628. The van der Waals surface area contributed by atoms with Gasteiger partial charge in [-0.3, -0.25) is 4.79 Å². The van der Waals surface area contributed by atoms with E-state index in [1.807, 2.05) is 12.1 Å². The largest absolute Gasteiger partial charge is 0.493 e. The lowest BCUT2D eigenvalue weighted by Crippen LogP contribution is -2.27. The zero-order valence-electron chi connectivity index (χ0n) is 17.5. The van der Waals surface area contributed by atoms with E-state index in [-0.39, 0.29) is 17.5 Å². The first-order valence-corrected chi connectivity index (χ1v) is 10.2. The van der Waals surface area contributed by atoms with Gasteiger partial charge < -0.3 is 20.1 Å². The van der Waals surface area contributed by atoms with Gasteiger partial charge in [-0.05, 0) is 46.4 Å². The summed E-state index contributed by atoms with van der Waals surface area (Å²) >= 11 is 0. The zero-order chi connectivity index (χ0) is 22.2. The number of carbonyl (C=O) groups is 1. The van der Waals surface area contributed by atoms with Crippen LogP contribution < -0.4 is 20.1 Å². The monoisotopic (exact) mass is 436 g/mol. The lowest BCUT2D eigenvalue weighted by atomic mass is 9.78. The number of para-hydroxylation sites is 1. The van der Waals surface area contributed by atoms with E-state index in [9.17, 15) is 9.18 Å². The van der Waals surface area contributed by atoms with Gasteiger partial charge in [-0.15, -0.1) is 0 Å². The zero-order valence-corrected chi connectivity index (χ0v) is 17.5. The molecule has 0 amide bonds. The number of methoxy groups -OCH3 is 2. The third kappa shape index (κ3) is 3.35. The van der Waals surface area contributed by atoms with Gasteiger partial charge in [-0.1, -0.05) is 24.3 Å². The van der Waals surface area contributed by atoms with Crippen LogP contribution in [0.15, 0.2) is 58.4 Å². The van der Waals surface area contributed by atoms with Gasteiger partial charge in [-0.25, -0.2) is 9.02 Å². The Morgan fingerprint density at radius 3 is 2.56 bits per heavy atom. The number of fused-ring (bicyclic) bond motifs is 1. The van der Waals surface area contributed by atoms with E-state index >= 15 is 0 Å². The number of aromatic nitrogens is 2. The summed E-state index contributed by atoms with van der Waals surface area (Å²) in [6, 6.07) is 11.2. The molecule has 1 aliphatic heterocycles. The molecule has 0 bridgehead atoms. The van der Waals surface area contributed by atoms with E-state index in [4.69, 9.17) is 14.1 Å². The molecular weight excluding hydrogens is 415 g/mol. The molecule has 9 heteroatoms. The van der Waals surface area contributed by atoms with Crippen LogP contribution in [0.2, 0.25) is 0 Å². The number of allylic oxidation sites excluding steroid dienone is 1. The maximum atomic E-state index is 13.5. The van der Waals surface area contributed by atoms with Crippen molar-refractivity contribution in [2.75, 3.05) is 24.9 Å². The SMILES string of the molecule is COc1cccc(C2Nc3nonc3NC3=C2C(=O)CC(c2ccc(F)cc2)C3)c1OC. The van der Waals surface area contributed by atoms with Gasteiger partial charge in [0.2, 0.25) is 11.6 Å². The molecule has 0 spiro atoms. The van der Waals surface area contributed by atoms with Gasteiger partial charge in [0, 0.05) is 23.3 Å². The predicted molar refractivity (Wildman–Crippen MR) is 114 cm³/mol. The number of hydrogen-bond donors (Lipinski definition) is 2. The molecule has 164 valence electrons. The first kappa shape index (κ1) is 20.0. The Bertz CT molecular complexity index is 1200. The van der Waals surface area contributed by atoms with Crippen LogP contribution in [0.4, 0.5) is 16.0 Å². The first-order chi connectivity index (χ1) is 15.6. The van der Waals surface area contributed by atoms with Gasteiger partial charge in [0.25, 0.3) is 0 Å². The molecule has 32 heavy (non-hydrogen) atoms. The molecule has 2 N–H and O–H groups in total. The Hall–Kier alpha value is -3.88. The number of carbonyl (C=O) groups excluding carboxylic acids is 1. The fraction of sp³-hybridized carbons (Fsp3) is 0.261. The summed E-state index contributed by atoms with van der Waals surface area (Å²) in [6.45, 7) is 0. The van der Waals surface area contributed by atoms with Crippen molar-refractivity contribution in [2.24, 2.45) is 0 Å². The number of benzene rings is 2. The van der Waals surface area contributed by atoms with E-state index in [0.717, 1.165) is 11.1 Å². The Kier molecular flexibility index (Phi) is 5.01. The topological polar surface area (TPSA) is 98.5 Å². The van der Waals surface area contributed by atoms with Crippen molar-refractivity contribution in [2.45, 2.75) is 24.8 Å². The maximum absolute atomic E-state index is 13.5. The van der Waals surface area contributed by atoms with Crippen molar-refractivity contribution >= 4 is 17.4 Å². The van der Waals surface area contributed by atoms with Gasteiger partial charge in [0.15, 0.2) is 17.3 Å². The first-order valence-electron chi connectivity index (χ1n) is 10.2. The average molecular weight is 436 g/mol. The van der Waals surface area contributed by atoms with Gasteiger partial charge in [0.1, 0.15) is 5.82 Å². The lowest BCUT2D eigenvalue weighted by Gasteiger charge is -2.30. The molecule has 2 unspecified atom stereocenters. The number of nitrogens with zero attached hydrogens (tertiary/aromatic N) is 2. The van der Waals surface area contributed by atoms with Gasteiger partial charge in [0.05, 0.1) is 20.3 Å². The van der Waals surface area contributed by atoms with Crippen molar-refractivity contribution in [3.63, 3.8) is 0 Å². The molecule has 1 aliphatic carbocycles. The molecule has 0 saturated heterocycles. The molecule has 0 radical (unpaired) electrons. The third-order valence-electron chi connectivity index (χ3n) is 5.92. The summed E-state index contributed by atoms with van der Waals surface area (Å²) in [5.41, 5.74) is 2.92. The summed E-state index contributed by atoms with van der Waals surface area (Å²) < 4.78 is 29.4. The summed E-state index contributed by atoms with van der Waals surface area (Å²) in [5, 5.41) is 14.4. The molecule has 3 aromatic rings. The number of nitrogens with one attached hydrogen (secondary N) is 2. The molecule has 2 aromatic carbocycles. The van der Waals surface area contributed by atoms with Crippen molar-refractivity contribution < 1.29 is 23.3 Å². The van der Waals surface area contributed by atoms with Crippen LogP contribution in [-0.4, -0.2) is 30.3 Å².